The molecule has 1 saturated carbocycles. The summed E-state index contributed by atoms with van der Waals surface area (Å²) in [5.74, 6) is 0. The molecule has 0 bridgehead atoms. The van der Waals surface area contributed by atoms with Crippen molar-refractivity contribution in [3.05, 3.63) is 6.42 Å². The molecular weight excluding hydrogens is 232 g/mol. The van der Waals surface area contributed by atoms with Gasteiger partial charge < -0.3 is 0 Å². The van der Waals surface area contributed by atoms with Gasteiger partial charge >= 0.3 is 0 Å². The van der Waals surface area contributed by atoms with Gasteiger partial charge in [-0.05, 0) is 67.2 Å². The summed E-state index contributed by atoms with van der Waals surface area (Å²) >= 11 is 0. The Balaban J connectivity index is 2.42. The summed E-state index contributed by atoms with van der Waals surface area (Å²) in [5, 5.41) is 0. The third-order valence-corrected chi connectivity index (χ3v) is 2.31. The molecule has 0 aliphatic heterocycles. The zero-order chi connectivity index (χ0) is 13.8. The van der Waals surface area contributed by atoms with Crippen molar-refractivity contribution in [1.29, 1.82) is 0 Å². The molecule has 4 nitrogen and oxygen atoms in total. The summed E-state index contributed by atoms with van der Waals surface area (Å²) in [6, 6.07) is 0. The molecular formula is C14H27O4. The van der Waals surface area contributed by atoms with E-state index in [1.165, 1.54) is 0 Å². The van der Waals surface area contributed by atoms with E-state index in [9.17, 15) is 0 Å². The van der Waals surface area contributed by atoms with E-state index < -0.39 is 0 Å². The lowest BCUT2D eigenvalue weighted by atomic mass is 9.95. The van der Waals surface area contributed by atoms with E-state index >= 15 is 0 Å². The van der Waals surface area contributed by atoms with Crippen LogP contribution in [0.2, 0.25) is 0 Å². The topological polar surface area (TPSA) is 36.9 Å². The van der Waals surface area contributed by atoms with Crippen LogP contribution in [0.3, 0.4) is 0 Å². The van der Waals surface area contributed by atoms with E-state index in [-0.39, 0.29) is 23.4 Å². The molecule has 0 amide bonds. The van der Waals surface area contributed by atoms with Crippen LogP contribution in [0.5, 0.6) is 0 Å². The lowest BCUT2D eigenvalue weighted by molar-refractivity contribution is -0.432. The summed E-state index contributed by atoms with van der Waals surface area (Å²) < 4.78 is 0. The number of hydrogen-bond donors (Lipinski definition) is 0. The van der Waals surface area contributed by atoms with Gasteiger partial charge in [-0.3, -0.25) is 0 Å². The van der Waals surface area contributed by atoms with Crippen molar-refractivity contribution in [2.24, 2.45) is 0 Å². The second kappa shape index (κ2) is 6.33. The van der Waals surface area contributed by atoms with Gasteiger partial charge in [-0.2, -0.15) is 0 Å². The van der Waals surface area contributed by atoms with Gasteiger partial charge in [0.1, 0.15) is 12.2 Å². The zero-order valence-electron chi connectivity index (χ0n) is 12.5. The Morgan fingerprint density at radius 1 is 0.833 bits per heavy atom. The maximum absolute atomic E-state index is 5.50. The molecule has 1 radical (unpaired) electrons. The van der Waals surface area contributed by atoms with Crippen molar-refractivity contribution >= 4 is 0 Å². The normalized spacial score (nSPS) is 26.3. The molecule has 4 heteroatoms. The first-order valence-corrected chi connectivity index (χ1v) is 6.68. The first-order chi connectivity index (χ1) is 8.17. The Labute approximate surface area is 111 Å². The van der Waals surface area contributed by atoms with Crippen LogP contribution >= 0.6 is 0 Å². The fraction of sp³-hybridized carbons (Fsp3) is 0.929. The minimum atomic E-state index is -0.313. The van der Waals surface area contributed by atoms with Crippen LogP contribution < -0.4 is 0 Å². The quantitative estimate of drug-likeness (QED) is 0.571. The Morgan fingerprint density at radius 3 is 1.83 bits per heavy atom. The van der Waals surface area contributed by atoms with Crippen LogP contribution in [-0.4, -0.2) is 23.4 Å². The minimum absolute atomic E-state index is 0.0726. The Hall–Kier alpha value is -0.160. The van der Waals surface area contributed by atoms with Gasteiger partial charge in [0.15, 0.2) is 0 Å². The van der Waals surface area contributed by atoms with E-state index in [1.54, 1.807) is 0 Å². The third-order valence-electron chi connectivity index (χ3n) is 2.31. The summed E-state index contributed by atoms with van der Waals surface area (Å²) in [5.41, 5.74) is -0.622. The fourth-order valence-corrected chi connectivity index (χ4v) is 1.53. The van der Waals surface area contributed by atoms with Gasteiger partial charge in [0.05, 0.1) is 11.2 Å². The molecule has 0 spiro atoms. The van der Waals surface area contributed by atoms with Crippen LogP contribution in [0, 0.1) is 6.42 Å². The van der Waals surface area contributed by atoms with E-state index in [0.29, 0.717) is 0 Å². The molecule has 0 N–H and O–H groups in total. The maximum atomic E-state index is 5.50. The van der Waals surface area contributed by atoms with E-state index in [1.807, 2.05) is 41.5 Å². The molecule has 1 aliphatic rings. The van der Waals surface area contributed by atoms with Crippen molar-refractivity contribution in [1.82, 2.24) is 0 Å². The Bertz CT molecular complexity index is 213. The smallest absolute Gasteiger partial charge is 0.122 e. The average Bonchev–Trinajstić information content (AvgIpc) is 2.22. The fourth-order valence-electron chi connectivity index (χ4n) is 1.53. The van der Waals surface area contributed by atoms with Gasteiger partial charge in [0.25, 0.3) is 0 Å². The largest absolute Gasteiger partial charge is 0.231 e. The molecule has 0 aromatic rings. The van der Waals surface area contributed by atoms with Gasteiger partial charge in [-0.15, -0.1) is 0 Å². The van der Waals surface area contributed by atoms with Crippen LogP contribution in [-0.2, 0) is 19.6 Å². The highest BCUT2D eigenvalue weighted by Crippen LogP contribution is 2.26. The lowest BCUT2D eigenvalue weighted by Crippen LogP contribution is -2.38. The first-order valence-electron chi connectivity index (χ1n) is 6.68. The summed E-state index contributed by atoms with van der Waals surface area (Å²) in [7, 11) is 0. The van der Waals surface area contributed by atoms with Gasteiger partial charge in [-0.1, -0.05) is 0 Å². The van der Waals surface area contributed by atoms with E-state index in [0.717, 1.165) is 19.3 Å². The van der Waals surface area contributed by atoms with Gasteiger partial charge in [-0.25, -0.2) is 19.6 Å². The van der Waals surface area contributed by atoms with Crippen LogP contribution in [0.25, 0.3) is 0 Å². The molecule has 0 heterocycles. The molecule has 2 atom stereocenters. The third kappa shape index (κ3) is 6.69. The molecule has 2 unspecified atom stereocenters. The molecule has 0 aromatic carbocycles. The Kier molecular flexibility index (Phi) is 5.59. The molecule has 1 rings (SSSR count). The lowest BCUT2D eigenvalue weighted by Gasteiger charge is -2.32. The first kappa shape index (κ1) is 15.9. The average molecular weight is 259 g/mol. The standard InChI is InChI=1S/C14H27O4/c1-13(2,3)17-15-11-9-7-8-10-12(11)16-18-14(4,5)6/h7,11-12H,8-10H2,1-6H3. The van der Waals surface area contributed by atoms with E-state index in [4.69, 9.17) is 19.6 Å². The maximum Gasteiger partial charge on any atom is 0.122 e. The SMILES string of the molecule is CC(C)(C)OOC1C[CH]CCC1OOC(C)(C)C. The monoisotopic (exact) mass is 259 g/mol. The van der Waals surface area contributed by atoms with E-state index in [2.05, 4.69) is 6.42 Å². The minimum Gasteiger partial charge on any atom is -0.231 e. The van der Waals surface area contributed by atoms with Crippen molar-refractivity contribution < 1.29 is 19.6 Å². The molecule has 0 aromatic heterocycles. The second-order valence-electron chi connectivity index (χ2n) is 6.76. The predicted octanol–water partition coefficient (Wildman–Crippen LogP) is 3.61. The van der Waals surface area contributed by atoms with Crippen molar-refractivity contribution in [2.45, 2.75) is 84.2 Å². The summed E-state index contributed by atoms with van der Waals surface area (Å²) in [6.45, 7) is 11.8. The van der Waals surface area contributed by atoms with Gasteiger partial charge in [0.2, 0.25) is 0 Å². The highest BCUT2D eigenvalue weighted by Gasteiger charge is 2.31. The molecule has 0 saturated heterocycles. The van der Waals surface area contributed by atoms with Crippen LogP contribution in [0.15, 0.2) is 0 Å². The van der Waals surface area contributed by atoms with Crippen molar-refractivity contribution in [2.75, 3.05) is 0 Å². The highest BCUT2D eigenvalue weighted by molar-refractivity contribution is 4.84. The molecule has 1 fully saturated rings. The van der Waals surface area contributed by atoms with Gasteiger partial charge in [0, 0.05) is 0 Å². The molecule has 1 aliphatic carbocycles. The molecule has 18 heavy (non-hydrogen) atoms. The van der Waals surface area contributed by atoms with Crippen molar-refractivity contribution in [3.63, 3.8) is 0 Å². The molecule has 107 valence electrons. The highest BCUT2D eigenvalue weighted by atomic mass is 17.2. The zero-order valence-corrected chi connectivity index (χ0v) is 12.5. The van der Waals surface area contributed by atoms with Crippen LogP contribution in [0.1, 0.15) is 60.8 Å². The van der Waals surface area contributed by atoms with Crippen molar-refractivity contribution in [3.8, 4) is 0 Å². The summed E-state index contributed by atoms with van der Waals surface area (Å²) in [6.07, 6.45) is 4.78. The summed E-state index contributed by atoms with van der Waals surface area (Å²) in [4.78, 5) is 21.7. The Morgan fingerprint density at radius 2 is 1.33 bits per heavy atom. The second-order valence-corrected chi connectivity index (χ2v) is 6.76. The number of rotatable bonds is 4. The predicted molar refractivity (Wildman–Crippen MR) is 69.6 cm³/mol. The van der Waals surface area contributed by atoms with Crippen LogP contribution in [0.4, 0.5) is 0 Å². The number of hydrogen-bond acceptors (Lipinski definition) is 4.